The summed E-state index contributed by atoms with van der Waals surface area (Å²) in [5.74, 6) is 2.17. The maximum Gasteiger partial charge on any atom is 0.232 e. The molecular weight excluding hydrogens is 362 g/mol. The molecule has 0 unspecified atom stereocenters. The van der Waals surface area contributed by atoms with Gasteiger partial charge in [-0.15, -0.1) is 11.8 Å². The van der Waals surface area contributed by atoms with Crippen molar-refractivity contribution in [1.29, 1.82) is 0 Å². The van der Waals surface area contributed by atoms with Crippen molar-refractivity contribution in [3.63, 3.8) is 0 Å². The number of likely N-dealkylation sites (tertiary alicyclic amines) is 1. The summed E-state index contributed by atoms with van der Waals surface area (Å²) in [6.45, 7) is 5.15. The van der Waals surface area contributed by atoms with Gasteiger partial charge in [0, 0.05) is 30.3 Å². The molecule has 2 heterocycles. The number of carbonyl (C=O) groups is 2. The van der Waals surface area contributed by atoms with Crippen molar-refractivity contribution in [3.05, 3.63) is 41.3 Å². The van der Waals surface area contributed by atoms with Crippen LogP contribution in [0.25, 0.3) is 11.5 Å². The molecule has 1 aliphatic rings. The van der Waals surface area contributed by atoms with Crippen molar-refractivity contribution in [2.75, 3.05) is 18.8 Å². The number of piperidine rings is 1. The van der Waals surface area contributed by atoms with Crippen LogP contribution in [0.15, 0.2) is 28.7 Å². The summed E-state index contributed by atoms with van der Waals surface area (Å²) in [7, 11) is 0. The van der Waals surface area contributed by atoms with Crippen molar-refractivity contribution in [2.24, 2.45) is 11.7 Å². The summed E-state index contributed by atoms with van der Waals surface area (Å²) in [6.07, 6.45) is 1.32. The van der Waals surface area contributed by atoms with E-state index in [1.54, 1.807) is 0 Å². The highest BCUT2D eigenvalue weighted by molar-refractivity contribution is 7.99. The number of nitrogens with zero attached hydrogens (tertiary/aromatic N) is 2. The lowest BCUT2D eigenvalue weighted by Gasteiger charge is -2.30. The van der Waals surface area contributed by atoms with Gasteiger partial charge < -0.3 is 15.1 Å². The van der Waals surface area contributed by atoms with Crippen LogP contribution in [0.2, 0.25) is 0 Å². The number of primary amides is 1. The van der Waals surface area contributed by atoms with Gasteiger partial charge in [0.1, 0.15) is 5.76 Å². The highest BCUT2D eigenvalue weighted by Gasteiger charge is 2.25. The Labute approximate surface area is 163 Å². The Hall–Kier alpha value is -2.28. The summed E-state index contributed by atoms with van der Waals surface area (Å²) in [4.78, 5) is 30.0. The van der Waals surface area contributed by atoms with Gasteiger partial charge in [0.2, 0.25) is 17.7 Å². The molecule has 0 saturated carbocycles. The van der Waals surface area contributed by atoms with Gasteiger partial charge in [0.05, 0.1) is 11.4 Å². The molecule has 1 aromatic carbocycles. The summed E-state index contributed by atoms with van der Waals surface area (Å²) < 4.78 is 5.79. The zero-order valence-corrected chi connectivity index (χ0v) is 16.6. The first kappa shape index (κ1) is 19.5. The minimum atomic E-state index is -0.262. The normalized spacial score (nSPS) is 15.1. The summed E-state index contributed by atoms with van der Waals surface area (Å²) in [6, 6.07) is 8.06. The largest absolute Gasteiger partial charge is 0.441 e. The van der Waals surface area contributed by atoms with Gasteiger partial charge in [0.15, 0.2) is 0 Å². The fraction of sp³-hybridized carbons (Fsp3) is 0.450. The van der Waals surface area contributed by atoms with Crippen LogP contribution < -0.4 is 5.73 Å². The molecule has 1 saturated heterocycles. The Bertz CT molecular complexity index is 808. The Balaban J connectivity index is 1.50. The molecule has 0 atom stereocenters. The third kappa shape index (κ3) is 4.91. The molecular formula is C20H25N3O3S. The van der Waals surface area contributed by atoms with E-state index in [4.69, 9.17) is 10.2 Å². The Morgan fingerprint density at radius 3 is 2.52 bits per heavy atom. The van der Waals surface area contributed by atoms with Gasteiger partial charge in [-0.05, 0) is 38.8 Å². The predicted molar refractivity (Wildman–Crippen MR) is 106 cm³/mol. The van der Waals surface area contributed by atoms with E-state index in [9.17, 15) is 9.59 Å². The van der Waals surface area contributed by atoms with Crippen molar-refractivity contribution in [2.45, 2.75) is 32.4 Å². The van der Waals surface area contributed by atoms with Gasteiger partial charge >= 0.3 is 0 Å². The van der Waals surface area contributed by atoms with Crippen molar-refractivity contribution < 1.29 is 14.0 Å². The Morgan fingerprint density at radius 1 is 1.22 bits per heavy atom. The van der Waals surface area contributed by atoms with Crippen LogP contribution in [0.4, 0.5) is 0 Å². The maximum atomic E-state index is 12.4. The average Bonchev–Trinajstić information content (AvgIpc) is 3.03. The molecule has 2 amide bonds. The molecule has 0 radical (unpaired) electrons. The summed E-state index contributed by atoms with van der Waals surface area (Å²) >= 11 is 1.54. The molecule has 0 spiro atoms. The van der Waals surface area contributed by atoms with E-state index in [1.807, 2.05) is 43.0 Å². The topological polar surface area (TPSA) is 89.4 Å². The molecule has 0 aliphatic carbocycles. The molecule has 2 aromatic rings. The second-order valence-electron chi connectivity index (χ2n) is 6.94. The van der Waals surface area contributed by atoms with Gasteiger partial charge in [-0.2, -0.15) is 0 Å². The number of amides is 2. The van der Waals surface area contributed by atoms with E-state index in [-0.39, 0.29) is 17.7 Å². The molecule has 6 nitrogen and oxygen atoms in total. The summed E-state index contributed by atoms with van der Waals surface area (Å²) in [5, 5.41) is 0. The minimum Gasteiger partial charge on any atom is -0.441 e. The zero-order chi connectivity index (χ0) is 19.4. The standard InChI is InChI=1S/C20H25N3O3S/c1-13-3-5-16(6-4-13)20-22-17(14(2)26-20)11-27-12-18(24)23-9-7-15(8-10-23)19(21)25/h3-6,15H,7-12H2,1-2H3,(H2,21,25). The first-order valence-corrected chi connectivity index (χ1v) is 10.3. The molecule has 1 aromatic heterocycles. The highest BCUT2D eigenvalue weighted by atomic mass is 32.2. The quantitative estimate of drug-likeness (QED) is 0.823. The molecule has 144 valence electrons. The number of benzene rings is 1. The smallest absolute Gasteiger partial charge is 0.232 e. The van der Waals surface area contributed by atoms with Crippen LogP contribution in [-0.4, -0.2) is 40.5 Å². The van der Waals surface area contributed by atoms with E-state index in [2.05, 4.69) is 4.98 Å². The van der Waals surface area contributed by atoms with Gasteiger partial charge in [-0.3, -0.25) is 9.59 Å². The SMILES string of the molecule is Cc1ccc(-c2nc(CSCC(=O)N3CCC(C(N)=O)CC3)c(C)o2)cc1. The zero-order valence-electron chi connectivity index (χ0n) is 15.7. The van der Waals surface area contributed by atoms with Crippen LogP contribution in [0, 0.1) is 19.8 Å². The minimum absolute atomic E-state index is 0.0975. The lowest BCUT2D eigenvalue weighted by molar-refractivity contribution is -0.132. The second kappa shape index (κ2) is 8.61. The van der Waals surface area contributed by atoms with Gasteiger partial charge in [0.25, 0.3) is 0 Å². The van der Waals surface area contributed by atoms with Crippen molar-refractivity contribution in [3.8, 4) is 11.5 Å². The van der Waals surface area contributed by atoms with E-state index in [0.29, 0.717) is 43.3 Å². The number of aromatic nitrogens is 1. The van der Waals surface area contributed by atoms with E-state index in [1.165, 1.54) is 17.3 Å². The van der Waals surface area contributed by atoms with Crippen molar-refractivity contribution >= 4 is 23.6 Å². The number of carbonyl (C=O) groups excluding carboxylic acids is 2. The van der Waals surface area contributed by atoms with Crippen LogP contribution in [0.5, 0.6) is 0 Å². The number of aryl methyl sites for hydroxylation is 2. The fourth-order valence-corrected chi connectivity index (χ4v) is 4.04. The molecule has 3 rings (SSSR count). The maximum absolute atomic E-state index is 12.4. The first-order chi connectivity index (χ1) is 12.9. The molecule has 1 aliphatic heterocycles. The first-order valence-electron chi connectivity index (χ1n) is 9.12. The third-order valence-corrected chi connectivity index (χ3v) is 5.83. The van der Waals surface area contributed by atoms with E-state index in [0.717, 1.165) is 17.0 Å². The average molecular weight is 388 g/mol. The van der Waals surface area contributed by atoms with Gasteiger partial charge in [-0.25, -0.2) is 4.98 Å². The number of hydrogen-bond donors (Lipinski definition) is 1. The lowest BCUT2D eigenvalue weighted by Crippen LogP contribution is -2.42. The van der Waals surface area contributed by atoms with Crippen LogP contribution >= 0.6 is 11.8 Å². The molecule has 0 bridgehead atoms. The van der Waals surface area contributed by atoms with Crippen LogP contribution in [0.1, 0.15) is 29.9 Å². The van der Waals surface area contributed by atoms with E-state index < -0.39 is 0 Å². The van der Waals surface area contributed by atoms with Gasteiger partial charge in [-0.1, -0.05) is 17.7 Å². The molecule has 2 N–H and O–H groups in total. The highest BCUT2D eigenvalue weighted by Crippen LogP contribution is 2.25. The van der Waals surface area contributed by atoms with E-state index >= 15 is 0 Å². The molecule has 7 heteroatoms. The number of nitrogens with two attached hydrogens (primary N) is 1. The predicted octanol–water partition coefficient (Wildman–Crippen LogP) is 2.92. The van der Waals surface area contributed by atoms with Crippen LogP contribution in [-0.2, 0) is 15.3 Å². The lowest BCUT2D eigenvalue weighted by atomic mass is 9.96. The Morgan fingerprint density at radius 2 is 1.89 bits per heavy atom. The van der Waals surface area contributed by atoms with Crippen molar-refractivity contribution in [1.82, 2.24) is 9.88 Å². The molecule has 1 fully saturated rings. The number of rotatable bonds is 6. The monoisotopic (exact) mass is 387 g/mol. The number of hydrogen-bond acceptors (Lipinski definition) is 5. The number of thioether (sulfide) groups is 1. The number of oxazole rings is 1. The Kier molecular flexibility index (Phi) is 6.21. The molecule has 27 heavy (non-hydrogen) atoms. The third-order valence-electron chi connectivity index (χ3n) is 4.91. The summed E-state index contributed by atoms with van der Waals surface area (Å²) in [5.41, 5.74) is 8.35. The second-order valence-corrected chi connectivity index (χ2v) is 7.92. The fourth-order valence-electron chi connectivity index (χ4n) is 3.12. The van der Waals surface area contributed by atoms with Crippen LogP contribution in [0.3, 0.4) is 0 Å².